The van der Waals surface area contributed by atoms with E-state index in [1.54, 1.807) is 25.3 Å². The maximum absolute atomic E-state index is 13.3. The molecule has 0 fully saturated rings. The molecule has 152 valence electrons. The van der Waals surface area contributed by atoms with E-state index in [2.05, 4.69) is 25.6 Å². The average Bonchev–Trinajstić information content (AvgIpc) is 3.12. The van der Waals surface area contributed by atoms with Crippen molar-refractivity contribution < 1.29 is 18.7 Å². The summed E-state index contributed by atoms with van der Waals surface area (Å²) in [7, 11) is 0. The van der Waals surface area contributed by atoms with Gasteiger partial charge in [0.1, 0.15) is 6.33 Å². The number of amides is 1. The van der Waals surface area contributed by atoms with E-state index in [9.17, 15) is 18.7 Å². The number of nitrogen functional groups attached to an aromatic ring is 1. The highest BCUT2D eigenvalue weighted by molar-refractivity contribution is 7.15. The smallest absolute Gasteiger partial charge is 0.274 e. The Morgan fingerprint density at radius 3 is 2.59 bits per heavy atom. The Bertz CT molecular complexity index is 1020. The van der Waals surface area contributed by atoms with Gasteiger partial charge in [0, 0.05) is 29.2 Å². The molecule has 1 unspecified atom stereocenters. The molecule has 8 nitrogen and oxygen atoms in total. The van der Waals surface area contributed by atoms with Crippen LogP contribution in [0.15, 0.2) is 36.8 Å². The largest absolute Gasteiger partial charge is 0.503 e. The summed E-state index contributed by atoms with van der Waals surface area (Å²) in [5, 5.41) is 16.1. The number of nitrogens with zero attached hydrogens (tertiary/aromatic N) is 3. The minimum absolute atomic E-state index is 0.0761. The SMILES string of the molecule is CC(NC(=O)c1ncnc(N)c1O)c1cnc(Nc2ccc(C(C)(F)F)cc2)s1. The van der Waals surface area contributed by atoms with Gasteiger partial charge in [0.25, 0.3) is 11.8 Å². The van der Waals surface area contributed by atoms with Crippen LogP contribution in [-0.4, -0.2) is 26.0 Å². The van der Waals surface area contributed by atoms with Crippen LogP contribution in [0.5, 0.6) is 5.75 Å². The molecule has 29 heavy (non-hydrogen) atoms. The number of benzene rings is 1. The van der Waals surface area contributed by atoms with Crippen LogP contribution >= 0.6 is 11.3 Å². The van der Waals surface area contributed by atoms with E-state index in [1.165, 1.54) is 23.5 Å². The Morgan fingerprint density at radius 2 is 1.93 bits per heavy atom. The summed E-state index contributed by atoms with van der Waals surface area (Å²) >= 11 is 1.29. The average molecular weight is 420 g/mol. The molecular formula is C18H18F2N6O2S. The van der Waals surface area contributed by atoms with E-state index in [4.69, 9.17) is 5.73 Å². The van der Waals surface area contributed by atoms with Crippen LogP contribution in [0.2, 0.25) is 0 Å². The van der Waals surface area contributed by atoms with Crippen LogP contribution < -0.4 is 16.4 Å². The fraction of sp³-hybridized carbons (Fsp3) is 0.222. The molecule has 2 heterocycles. The minimum Gasteiger partial charge on any atom is -0.503 e. The lowest BCUT2D eigenvalue weighted by Gasteiger charge is -2.12. The second-order valence-corrected chi connectivity index (χ2v) is 7.37. The van der Waals surface area contributed by atoms with Crippen molar-refractivity contribution in [1.82, 2.24) is 20.3 Å². The lowest BCUT2D eigenvalue weighted by atomic mass is 10.1. The first kappa shape index (κ1) is 20.4. The molecule has 1 aromatic carbocycles. The molecular weight excluding hydrogens is 402 g/mol. The Balaban J connectivity index is 1.66. The zero-order chi connectivity index (χ0) is 21.2. The standard InChI is InChI=1S/C18H18F2N6O2S/c1-9(25-16(28)13-14(27)15(21)24-8-23-13)12-7-22-17(29-12)26-11-5-3-10(4-6-11)18(2,19)20/h3-9,27H,1-2H3,(H,22,26)(H,25,28)(H2,21,23,24). The first-order valence-corrected chi connectivity index (χ1v) is 9.28. The number of anilines is 3. The number of rotatable bonds is 6. The van der Waals surface area contributed by atoms with Crippen molar-refractivity contribution >= 4 is 33.9 Å². The second kappa shape index (κ2) is 7.95. The lowest BCUT2D eigenvalue weighted by molar-refractivity contribution is 0.0175. The predicted octanol–water partition coefficient (Wildman–Crippen LogP) is 3.57. The molecule has 0 saturated carbocycles. The van der Waals surface area contributed by atoms with Gasteiger partial charge in [-0.15, -0.1) is 0 Å². The summed E-state index contributed by atoms with van der Waals surface area (Å²) in [5.41, 5.74) is 5.78. The van der Waals surface area contributed by atoms with Crippen molar-refractivity contribution in [2.75, 3.05) is 11.1 Å². The van der Waals surface area contributed by atoms with Crippen LogP contribution in [-0.2, 0) is 5.92 Å². The van der Waals surface area contributed by atoms with Gasteiger partial charge in [0.05, 0.1) is 6.04 Å². The fourth-order valence-electron chi connectivity index (χ4n) is 2.41. The van der Waals surface area contributed by atoms with Crippen LogP contribution in [0.25, 0.3) is 0 Å². The first-order valence-electron chi connectivity index (χ1n) is 8.46. The monoisotopic (exact) mass is 420 g/mol. The summed E-state index contributed by atoms with van der Waals surface area (Å²) in [4.78, 5) is 24.6. The number of nitrogens with one attached hydrogen (secondary N) is 2. The topological polar surface area (TPSA) is 126 Å². The van der Waals surface area contributed by atoms with Gasteiger partial charge < -0.3 is 21.5 Å². The van der Waals surface area contributed by atoms with E-state index in [-0.39, 0.29) is 17.1 Å². The highest BCUT2D eigenvalue weighted by Gasteiger charge is 2.24. The van der Waals surface area contributed by atoms with Gasteiger partial charge in [-0.25, -0.2) is 23.7 Å². The highest BCUT2D eigenvalue weighted by Crippen LogP contribution is 2.30. The molecule has 0 aliphatic carbocycles. The predicted molar refractivity (Wildman–Crippen MR) is 105 cm³/mol. The van der Waals surface area contributed by atoms with E-state index in [0.29, 0.717) is 10.8 Å². The zero-order valence-electron chi connectivity index (χ0n) is 15.5. The van der Waals surface area contributed by atoms with Crippen molar-refractivity contribution in [2.45, 2.75) is 25.8 Å². The summed E-state index contributed by atoms with van der Waals surface area (Å²) in [5.74, 6) is -4.18. The normalized spacial score (nSPS) is 12.4. The molecule has 0 spiro atoms. The number of carbonyl (C=O) groups is 1. The number of thiazole rings is 1. The van der Waals surface area contributed by atoms with Gasteiger partial charge in [-0.05, 0) is 19.1 Å². The van der Waals surface area contributed by atoms with Crippen molar-refractivity contribution in [3.8, 4) is 5.75 Å². The molecule has 11 heteroatoms. The van der Waals surface area contributed by atoms with Crippen LogP contribution in [0.3, 0.4) is 0 Å². The molecule has 3 rings (SSSR count). The molecule has 5 N–H and O–H groups in total. The Kier molecular flexibility index (Phi) is 5.59. The minimum atomic E-state index is -2.90. The number of aromatic nitrogens is 3. The van der Waals surface area contributed by atoms with Gasteiger partial charge in [0.15, 0.2) is 22.4 Å². The van der Waals surface area contributed by atoms with Crippen molar-refractivity contribution in [1.29, 1.82) is 0 Å². The molecule has 2 aromatic heterocycles. The first-order chi connectivity index (χ1) is 13.6. The van der Waals surface area contributed by atoms with Gasteiger partial charge in [0.2, 0.25) is 0 Å². The summed E-state index contributed by atoms with van der Waals surface area (Å²) in [6.45, 7) is 2.59. The number of carbonyl (C=O) groups excluding carboxylic acids is 1. The van der Waals surface area contributed by atoms with Crippen molar-refractivity contribution in [2.24, 2.45) is 0 Å². The second-order valence-electron chi connectivity index (χ2n) is 6.31. The lowest BCUT2D eigenvalue weighted by Crippen LogP contribution is -2.27. The van der Waals surface area contributed by atoms with Gasteiger partial charge in [-0.2, -0.15) is 0 Å². The summed E-state index contributed by atoms with van der Waals surface area (Å²) in [6.07, 6.45) is 2.67. The molecule has 0 aliphatic rings. The molecule has 3 aromatic rings. The quantitative estimate of drug-likeness (QED) is 0.480. The maximum Gasteiger partial charge on any atom is 0.274 e. The number of aromatic hydroxyl groups is 1. The third-order valence-corrected chi connectivity index (χ3v) is 5.10. The summed E-state index contributed by atoms with van der Waals surface area (Å²) in [6, 6.07) is 5.36. The molecule has 1 atom stereocenters. The van der Waals surface area contributed by atoms with Gasteiger partial charge >= 0.3 is 0 Å². The molecule has 0 bridgehead atoms. The Labute approximate surface area is 168 Å². The molecule has 1 amide bonds. The summed E-state index contributed by atoms with van der Waals surface area (Å²) < 4.78 is 26.6. The third kappa shape index (κ3) is 4.74. The molecule has 0 radical (unpaired) electrons. The number of hydrogen-bond acceptors (Lipinski definition) is 8. The van der Waals surface area contributed by atoms with Crippen molar-refractivity contribution in [3.05, 3.63) is 52.9 Å². The van der Waals surface area contributed by atoms with E-state index in [1.807, 2.05) is 0 Å². The van der Waals surface area contributed by atoms with Crippen LogP contribution in [0.1, 0.15) is 40.8 Å². The van der Waals surface area contributed by atoms with Crippen LogP contribution in [0, 0.1) is 0 Å². The number of hydrogen-bond donors (Lipinski definition) is 4. The third-order valence-electron chi connectivity index (χ3n) is 4.01. The van der Waals surface area contributed by atoms with E-state index >= 15 is 0 Å². The zero-order valence-corrected chi connectivity index (χ0v) is 16.3. The Hall–Kier alpha value is -3.34. The number of halogens is 2. The Morgan fingerprint density at radius 1 is 1.24 bits per heavy atom. The molecule has 0 saturated heterocycles. The maximum atomic E-state index is 13.3. The van der Waals surface area contributed by atoms with Crippen LogP contribution in [0.4, 0.5) is 25.4 Å². The molecule has 0 aliphatic heterocycles. The van der Waals surface area contributed by atoms with E-state index < -0.39 is 23.6 Å². The number of nitrogens with two attached hydrogens (primary N) is 1. The van der Waals surface area contributed by atoms with Crippen molar-refractivity contribution in [3.63, 3.8) is 0 Å². The fourth-order valence-corrected chi connectivity index (χ4v) is 3.25. The van der Waals surface area contributed by atoms with Gasteiger partial charge in [-0.3, -0.25) is 4.79 Å². The number of alkyl halides is 2. The highest BCUT2D eigenvalue weighted by atomic mass is 32.1. The van der Waals surface area contributed by atoms with E-state index in [0.717, 1.165) is 18.1 Å². The van der Waals surface area contributed by atoms with Gasteiger partial charge in [-0.1, -0.05) is 23.5 Å².